The second kappa shape index (κ2) is 13.5. The molecule has 0 bridgehead atoms. The van der Waals surface area contributed by atoms with E-state index in [2.05, 4.69) is 27.2 Å². The van der Waals surface area contributed by atoms with Gasteiger partial charge in [-0.05, 0) is 60.9 Å². The van der Waals surface area contributed by atoms with Gasteiger partial charge in [-0.2, -0.15) is 13.2 Å². The minimum atomic E-state index is -5.08. The number of aryl methyl sites for hydroxylation is 3. The first-order chi connectivity index (χ1) is 20.3. The summed E-state index contributed by atoms with van der Waals surface area (Å²) in [5.74, 6) is -1.58. The molecule has 2 aliphatic heterocycles. The Morgan fingerprint density at radius 3 is 2.00 bits per heavy atom. The fourth-order valence-corrected chi connectivity index (χ4v) is 6.00. The largest absolute Gasteiger partial charge is 0.490 e. The highest BCUT2D eigenvalue weighted by molar-refractivity contribution is 5.97. The van der Waals surface area contributed by atoms with E-state index in [0.29, 0.717) is 17.5 Å². The molecule has 2 unspecified atom stereocenters. The zero-order chi connectivity index (χ0) is 31.3. The van der Waals surface area contributed by atoms with Crippen LogP contribution in [-0.4, -0.2) is 76.2 Å². The lowest BCUT2D eigenvalue weighted by Gasteiger charge is -2.25. The number of likely N-dealkylation sites (tertiary alicyclic amines) is 2. The zero-order valence-corrected chi connectivity index (χ0v) is 24.5. The Morgan fingerprint density at radius 1 is 0.907 bits per heavy atom. The molecule has 230 valence electrons. The van der Waals surface area contributed by atoms with Crippen LogP contribution in [0.25, 0.3) is 0 Å². The zero-order valence-electron chi connectivity index (χ0n) is 24.5. The molecule has 2 N–H and O–H groups in total. The number of aliphatic carboxylic acids is 1. The van der Waals surface area contributed by atoms with Gasteiger partial charge in [0.2, 0.25) is 0 Å². The number of hydrogen-bond donors (Lipinski definition) is 2. The molecule has 43 heavy (non-hydrogen) atoms. The Morgan fingerprint density at radius 2 is 1.49 bits per heavy atom. The van der Waals surface area contributed by atoms with Gasteiger partial charge < -0.3 is 24.8 Å². The average Bonchev–Trinajstić information content (AvgIpc) is 3.66. The van der Waals surface area contributed by atoms with Gasteiger partial charge in [-0.3, -0.25) is 9.59 Å². The molecule has 1 aromatic heterocycles. The molecule has 3 aromatic rings. The molecule has 0 spiro atoms. The number of benzene rings is 2. The van der Waals surface area contributed by atoms with Gasteiger partial charge in [0.1, 0.15) is 5.69 Å². The number of carbonyl (C=O) groups excluding carboxylic acids is 2. The van der Waals surface area contributed by atoms with Crippen molar-refractivity contribution in [2.45, 2.75) is 32.5 Å². The van der Waals surface area contributed by atoms with E-state index in [-0.39, 0.29) is 17.9 Å². The van der Waals surface area contributed by atoms with E-state index in [4.69, 9.17) is 9.90 Å². The molecule has 0 aliphatic carbocycles. The number of fused-ring (bicyclic) bond motifs is 1. The standard InChI is InChI=1S/C30H36N4O2.C2HF3O2/c1-21-9-7-10-22(2)28(21)30(36)34-19-24-17-33(18-25(24)20-34)16-14-26(23-11-5-4-6-12-23)31-29(35)27-13-8-15-32(27)3;3-2(4,5)1(6)7/h4-13,15,24-26H,14,16-20H2,1-3H3,(H,31,35);(H,6,7)/t24-,25?,26?;/m0./s1. The van der Waals surface area contributed by atoms with Crippen molar-refractivity contribution in [1.82, 2.24) is 19.7 Å². The molecule has 2 amide bonds. The Kier molecular flexibility index (Phi) is 9.95. The predicted octanol–water partition coefficient (Wildman–Crippen LogP) is 4.84. The van der Waals surface area contributed by atoms with Crippen molar-refractivity contribution in [2.75, 3.05) is 32.7 Å². The minimum absolute atomic E-state index is 0.0452. The number of amides is 2. The topological polar surface area (TPSA) is 94.9 Å². The lowest BCUT2D eigenvalue weighted by atomic mass is 10.0. The molecule has 0 saturated carbocycles. The fourth-order valence-electron chi connectivity index (χ4n) is 6.00. The second-order valence-electron chi connectivity index (χ2n) is 11.3. The van der Waals surface area contributed by atoms with E-state index in [1.54, 1.807) is 0 Å². The van der Waals surface area contributed by atoms with Crippen LogP contribution in [0, 0.1) is 25.7 Å². The number of aromatic nitrogens is 1. The van der Waals surface area contributed by atoms with E-state index in [0.717, 1.165) is 61.4 Å². The Balaban J connectivity index is 0.000000541. The first kappa shape index (κ1) is 31.8. The Labute approximate surface area is 249 Å². The summed E-state index contributed by atoms with van der Waals surface area (Å²) in [5.41, 5.74) is 4.78. The fraction of sp³-hybridized carbons (Fsp3) is 0.406. The number of nitrogens with one attached hydrogen (secondary N) is 1. The van der Waals surface area contributed by atoms with Gasteiger partial charge in [0.25, 0.3) is 11.8 Å². The molecule has 2 aliphatic rings. The molecule has 2 fully saturated rings. The third-order valence-corrected chi connectivity index (χ3v) is 8.20. The van der Waals surface area contributed by atoms with Crippen LogP contribution in [0.1, 0.15) is 50.0 Å². The van der Waals surface area contributed by atoms with Crippen LogP contribution in [0.3, 0.4) is 0 Å². The Bertz CT molecular complexity index is 1410. The van der Waals surface area contributed by atoms with Crippen molar-refractivity contribution in [3.63, 3.8) is 0 Å². The van der Waals surface area contributed by atoms with Gasteiger partial charge >= 0.3 is 12.1 Å². The smallest absolute Gasteiger partial charge is 0.475 e. The molecule has 0 radical (unpaired) electrons. The van der Waals surface area contributed by atoms with Crippen molar-refractivity contribution in [3.05, 3.63) is 94.8 Å². The van der Waals surface area contributed by atoms with E-state index < -0.39 is 12.1 Å². The average molecular weight is 599 g/mol. The molecule has 8 nitrogen and oxygen atoms in total. The van der Waals surface area contributed by atoms with E-state index in [1.807, 2.05) is 80.2 Å². The summed E-state index contributed by atoms with van der Waals surface area (Å²) in [5, 5.41) is 10.4. The van der Waals surface area contributed by atoms with Gasteiger partial charge in [-0.25, -0.2) is 4.79 Å². The maximum Gasteiger partial charge on any atom is 0.490 e. The summed E-state index contributed by atoms with van der Waals surface area (Å²) >= 11 is 0. The highest BCUT2D eigenvalue weighted by Crippen LogP contribution is 2.33. The highest BCUT2D eigenvalue weighted by Gasteiger charge is 2.42. The van der Waals surface area contributed by atoms with E-state index in [9.17, 15) is 22.8 Å². The van der Waals surface area contributed by atoms with Gasteiger partial charge in [0, 0.05) is 51.5 Å². The van der Waals surface area contributed by atoms with Crippen LogP contribution in [0.4, 0.5) is 13.2 Å². The second-order valence-corrected chi connectivity index (χ2v) is 11.3. The van der Waals surface area contributed by atoms with Crippen LogP contribution in [0.15, 0.2) is 66.9 Å². The SMILES string of the molecule is Cc1cccc(C)c1C(=O)N1CC2CN(CCC(NC(=O)c3cccn3C)c3ccccc3)C[C@H]2C1.O=C(O)C(F)(F)F. The van der Waals surface area contributed by atoms with Crippen LogP contribution in [0.2, 0.25) is 0 Å². The summed E-state index contributed by atoms with van der Waals surface area (Å²) in [6, 6.07) is 20.0. The third-order valence-electron chi connectivity index (χ3n) is 8.20. The number of halogens is 3. The van der Waals surface area contributed by atoms with Crippen molar-refractivity contribution in [3.8, 4) is 0 Å². The minimum Gasteiger partial charge on any atom is -0.475 e. The summed E-state index contributed by atoms with van der Waals surface area (Å²) in [4.78, 5) is 39.7. The number of carbonyl (C=O) groups is 3. The molecule has 5 rings (SSSR count). The number of nitrogens with zero attached hydrogens (tertiary/aromatic N) is 3. The normalized spacial score (nSPS) is 18.9. The number of carboxylic acids is 1. The lowest BCUT2D eigenvalue weighted by molar-refractivity contribution is -0.192. The molecule has 3 atom stereocenters. The quantitative estimate of drug-likeness (QED) is 0.406. The first-order valence-electron chi connectivity index (χ1n) is 14.2. The predicted molar refractivity (Wildman–Crippen MR) is 156 cm³/mol. The van der Waals surface area contributed by atoms with Gasteiger partial charge in [0.05, 0.1) is 6.04 Å². The highest BCUT2D eigenvalue weighted by atomic mass is 19.4. The summed E-state index contributed by atoms with van der Waals surface area (Å²) in [7, 11) is 1.89. The maximum absolute atomic E-state index is 13.3. The van der Waals surface area contributed by atoms with Crippen LogP contribution < -0.4 is 5.32 Å². The van der Waals surface area contributed by atoms with Gasteiger partial charge in [-0.1, -0.05) is 48.5 Å². The molecular weight excluding hydrogens is 561 g/mol. The molecule has 2 aromatic carbocycles. The molecule has 2 saturated heterocycles. The molecule has 11 heteroatoms. The molecular formula is C32H37F3N4O4. The third kappa shape index (κ3) is 7.84. The Hall–Kier alpha value is -4.12. The van der Waals surface area contributed by atoms with Crippen LogP contribution in [0.5, 0.6) is 0 Å². The van der Waals surface area contributed by atoms with Crippen molar-refractivity contribution in [1.29, 1.82) is 0 Å². The monoisotopic (exact) mass is 598 g/mol. The summed E-state index contributed by atoms with van der Waals surface area (Å²) in [6.07, 6.45) is -2.34. The molecule has 3 heterocycles. The van der Waals surface area contributed by atoms with Crippen LogP contribution in [-0.2, 0) is 11.8 Å². The van der Waals surface area contributed by atoms with Crippen molar-refractivity contribution in [2.24, 2.45) is 18.9 Å². The van der Waals surface area contributed by atoms with Crippen LogP contribution >= 0.6 is 0 Å². The summed E-state index contributed by atoms with van der Waals surface area (Å²) < 4.78 is 33.6. The van der Waals surface area contributed by atoms with Crippen molar-refractivity contribution < 1.29 is 32.7 Å². The number of rotatable bonds is 7. The number of hydrogen-bond acceptors (Lipinski definition) is 4. The van der Waals surface area contributed by atoms with Crippen molar-refractivity contribution >= 4 is 17.8 Å². The van der Waals surface area contributed by atoms with E-state index in [1.165, 1.54) is 0 Å². The van der Waals surface area contributed by atoms with Gasteiger partial charge in [0.15, 0.2) is 0 Å². The van der Waals surface area contributed by atoms with Gasteiger partial charge in [-0.15, -0.1) is 0 Å². The lowest BCUT2D eigenvalue weighted by Crippen LogP contribution is -2.36. The number of carboxylic acid groups (broad SMARTS) is 1. The summed E-state index contributed by atoms with van der Waals surface area (Å²) in [6.45, 7) is 8.66. The number of alkyl halides is 3. The first-order valence-corrected chi connectivity index (χ1v) is 14.2. The van der Waals surface area contributed by atoms with E-state index >= 15 is 0 Å². The maximum atomic E-state index is 13.3.